The first-order valence-electron chi connectivity index (χ1n) is 7.32. The molecule has 0 aliphatic carbocycles. The fourth-order valence-electron chi connectivity index (χ4n) is 2.37. The van der Waals surface area contributed by atoms with Crippen molar-refractivity contribution in [1.29, 1.82) is 0 Å². The molecule has 0 aromatic heterocycles. The zero-order chi connectivity index (χ0) is 17.7. The average Bonchev–Trinajstić information content (AvgIpc) is 2.57. The second-order valence-corrected chi connectivity index (χ2v) is 5.66. The van der Waals surface area contributed by atoms with Crippen molar-refractivity contribution in [3.05, 3.63) is 0 Å². The predicted molar refractivity (Wildman–Crippen MR) is 74.0 cm³/mol. The molecule has 0 spiro atoms. The van der Waals surface area contributed by atoms with Gasteiger partial charge in [-0.3, -0.25) is 0 Å². The van der Waals surface area contributed by atoms with Crippen LogP contribution in [0.5, 0.6) is 0 Å². The van der Waals surface area contributed by atoms with Crippen LogP contribution in [-0.4, -0.2) is 110 Å². The lowest BCUT2D eigenvalue weighted by molar-refractivity contribution is -0.318. The molecule has 138 valence electrons. The molecule has 9 atom stereocenters. The average molecular weight is 342 g/mol. The van der Waals surface area contributed by atoms with Gasteiger partial charge in [0.25, 0.3) is 0 Å². The van der Waals surface area contributed by atoms with Gasteiger partial charge in [0.2, 0.25) is 0 Å². The molecule has 0 amide bonds. The summed E-state index contributed by atoms with van der Waals surface area (Å²) in [4.78, 5) is 0. The van der Waals surface area contributed by atoms with Gasteiger partial charge in [-0.2, -0.15) is 0 Å². The van der Waals surface area contributed by atoms with Crippen molar-refractivity contribution >= 4 is 0 Å². The Morgan fingerprint density at radius 2 is 1.52 bits per heavy atom. The SMILES string of the molecule is CC1[C@H](O)C(CO)O[C@H](O[C@@H]([C@H](O)[C@@H](O)CO)[C@H](O)CO)[C@@H]1O. The summed E-state index contributed by atoms with van der Waals surface area (Å²) in [5.74, 6) is -0.738. The molecule has 0 bridgehead atoms. The fourth-order valence-corrected chi connectivity index (χ4v) is 2.37. The first-order chi connectivity index (χ1) is 10.8. The van der Waals surface area contributed by atoms with Gasteiger partial charge >= 0.3 is 0 Å². The molecule has 0 radical (unpaired) electrons. The van der Waals surface area contributed by atoms with Gasteiger partial charge in [-0.25, -0.2) is 0 Å². The Morgan fingerprint density at radius 1 is 0.957 bits per heavy atom. The molecule has 1 rings (SSSR count). The van der Waals surface area contributed by atoms with E-state index in [0.717, 1.165) is 0 Å². The highest BCUT2D eigenvalue weighted by molar-refractivity contribution is 4.89. The zero-order valence-corrected chi connectivity index (χ0v) is 12.7. The van der Waals surface area contributed by atoms with Gasteiger partial charge in [0, 0.05) is 5.92 Å². The lowest BCUT2D eigenvalue weighted by atomic mass is 9.90. The number of ether oxygens (including phenoxy) is 2. The maximum Gasteiger partial charge on any atom is 0.184 e. The molecule has 2 unspecified atom stereocenters. The number of aliphatic hydroxyl groups excluding tert-OH is 8. The first kappa shape index (κ1) is 20.6. The molecular weight excluding hydrogens is 316 g/mol. The Hall–Kier alpha value is -0.400. The molecule has 1 aliphatic heterocycles. The quantitative estimate of drug-likeness (QED) is 0.214. The van der Waals surface area contributed by atoms with Crippen molar-refractivity contribution in [3.63, 3.8) is 0 Å². The van der Waals surface area contributed by atoms with E-state index in [1.807, 2.05) is 0 Å². The number of hydrogen-bond donors (Lipinski definition) is 8. The molecule has 1 saturated heterocycles. The van der Waals surface area contributed by atoms with Gasteiger partial charge in [0.15, 0.2) is 6.29 Å². The van der Waals surface area contributed by atoms with Crippen LogP contribution in [0.2, 0.25) is 0 Å². The van der Waals surface area contributed by atoms with Crippen LogP contribution in [0, 0.1) is 5.92 Å². The van der Waals surface area contributed by atoms with Crippen LogP contribution in [0.15, 0.2) is 0 Å². The third-order valence-electron chi connectivity index (χ3n) is 4.00. The number of rotatable bonds is 8. The molecule has 0 aromatic rings. The van der Waals surface area contributed by atoms with E-state index >= 15 is 0 Å². The molecule has 10 nitrogen and oxygen atoms in total. The number of hydrogen-bond acceptors (Lipinski definition) is 10. The maximum absolute atomic E-state index is 10.1. The molecular formula is C13H26O10. The second-order valence-electron chi connectivity index (χ2n) is 5.66. The highest BCUT2D eigenvalue weighted by atomic mass is 16.7. The largest absolute Gasteiger partial charge is 0.394 e. The predicted octanol–water partition coefficient (Wildman–Crippen LogP) is -4.49. The molecule has 1 fully saturated rings. The molecule has 1 aliphatic rings. The zero-order valence-electron chi connectivity index (χ0n) is 12.7. The number of aliphatic hydroxyl groups is 8. The van der Waals surface area contributed by atoms with E-state index in [1.54, 1.807) is 0 Å². The monoisotopic (exact) mass is 342 g/mol. The van der Waals surface area contributed by atoms with Crippen molar-refractivity contribution in [2.45, 2.75) is 55.9 Å². The summed E-state index contributed by atoms with van der Waals surface area (Å²) >= 11 is 0. The summed E-state index contributed by atoms with van der Waals surface area (Å²) in [6.07, 6.45) is -11.6. The Balaban J connectivity index is 2.89. The Morgan fingerprint density at radius 3 is 2.00 bits per heavy atom. The normalized spacial score (nSPS) is 37.2. The van der Waals surface area contributed by atoms with Crippen molar-refractivity contribution < 1.29 is 50.3 Å². The van der Waals surface area contributed by atoms with E-state index < -0.39 is 74.8 Å². The van der Waals surface area contributed by atoms with Gasteiger partial charge < -0.3 is 50.3 Å². The molecule has 1 heterocycles. The molecule has 23 heavy (non-hydrogen) atoms. The van der Waals surface area contributed by atoms with Crippen LogP contribution in [0.1, 0.15) is 6.92 Å². The van der Waals surface area contributed by atoms with E-state index in [4.69, 9.17) is 19.7 Å². The van der Waals surface area contributed by atoms with Crippen molar-refractivity contribution in [1.82, 2.24) is 0 Å². The highest BCUT2D eigenvalue weighted by Crippen LogP contribution is 2.28. The lowest BCUT2D eigenvalue weighted by Gasteiger charge is -2.43. The lowest BCUT2D eigenvalue weighted by Crippen LogP contribution is -2.58. The smallest absolute Gasteiger partial charge is 0.184 e. The summed E-state index contributed by atoms with van der Waals surface area (Å²) < 4.78 is 10.5. The van der Waals surface area contributed by atoms with E-state index in [0.29, 0.717) is 0 Å². The van der Waals surface area contributed by atoms with Gasteiger partial charge in [-0.15, -0.1) is 0 Å². The van der Waals surface area contributed by atoms with Crippen LogP contribution < -0.4 is 0 Å². The first-order valence-corrected chi connectivity index (χ1v) is 7.32. The molecule has 0 saturated carbocycles. The van der Waals surface area contributed by atoms with E-state index in [2.05, 4.69) is 0 Å². The van der Waals surface area contributed by atoms with E-state index in [9.17, 15) is 30.6 Å². The van der Waals surface area contributed by atoms with Crippen LogP contribution in [0.4, 0.5) is 0 Å². The fraction of sp³-hybridized carbons (Fsp3) is 1.00. The third kappa shape index (κ3) is 4.79. The van der Waals surface area contributed by atoms with Crippen molar-refractivity contribution in [3.8, 4) is 0 Å². The summed E-state index contributed by atoms with van der Waals surface area (Å²) in [6, 6.07) is 0. The Kier molecular flexibility index (Phi) is 8.24. The summed E-state index contributed by atoms with van der Waals surface area (Å²) in [7, 11) is 0. The summed E-state index contributed by atoms with van der Waals surface area (Å²) in [5.41, 5.74) is 0. The van der Waals surface area contributed by atoms with Gasteiger partial charge in [-0.1, -0.05) is 6.92 Å². The summed E-state index contributed by atoms with van der Waals surface area (Å²) in [5, 5.41) is 76.1. The van der Waals surface area contributed by atoms with Gasteiger partial charge in [0.1, 0.15) is 36.6 Å². The van der Waals surface area contributed by atoms with Crippen LogP contribution in [-0.2, 0) is 9.47 Å². The second kappa shape index (κ2) is 9.18. The van der Waals surface area contributed by atoms with E-state index in [1.165, 1.54) is 6.92 Å². The van der Waals surface area contributed by atoms with Crippen molar-refractivity contribution in [2.75, 3.05) is 19.8 Å². The van der Waals surface area contributed by atoms with Gasteiger partial charge in [0.05, 0.1) is 25.9 Å². The Bertz CT molecular complexity index is 341. The molecule has 10 heteroatoms. The van der Waals surface area contributed by atoms with Crippen LogP contribution in [0.25, 0.3) is 0 Å². The minimum absolute atomic E-state index is 0.548. The van der Waals surface area contributed by atoms with Crippen LogP contribution in [0.3, 0.4) is 0 Å². The molecule has 8 N–H and O–H groups in total. The Labute approximate surface area is 133 Å². The minimum Gasteiger partial charge on any atom is -0.394 e. The minimum atomic E-state index is -1.77. The van der Waals surface area contributed by atoms with Crippen LogP contribution >= 0.6 is 0 Å². The summed E-state index contributed by atoms with van der Waals surface area (Å²) in [6.45, 7) is -0.688. The maximum atomic E-state index is 10.1. The van der Waals surface area contributed by atoms with E-state index in [-0.39, 0.29) is 0 Å². The standard InChI is InChI=1S/C13H26O10/c1-5-9(19)8(4-16)22-13(10(5)20)23-12(7(18)3-15)11(21)6(17)2-14/h5-21H,2-4H2,1H3/t5?,6-,7+,8?,9-,10+,11+,12+,13+/m0/s1. The highest BCUT2D eigenvalue weighted by Gasteiger charge is 2.45. The van der Waals surface area contributed by atoms with Crippen molar-refractivity contribution in [2.24, 2.45) is 5.92 Å². The van der Waals surface area contributed by atoms with Gasteiger partial charge in [-0.05, 0) is 0 Å². The topological polar surface area (TPSA) is 180 Å². The molecule has 0 aromatic carbocycles. The third-order valence-corrected chi connectivity index (χ3v) is 4.00.